The van der Waals surface area contributed by atoms with E-state index in [1.54, 1.807) is 6.92 Å². The van der Waals surface area contributed by atoms with Crippen LogP contribution in [0, 0.1) is 6.92 Å². The van der Waals surface area contributed by atoms with Gasteiger partial charge in [-0.1, -0.05) is 6.08 Å². The summed E-state index contributed by atoms with van der Waals surface area (Å²) in [5, 5.41) is 22.4. The number of ketones is 3. The van der Waals surface area contributed by atoms with E-state index in [2.05, 4.69) is 0 Å². The van der Waals surface area contributed by atoms with Crippen LogP contribution >= 0.6 is 0 Å². The van der Waals surface area contributed by atoms with Gasteiger partial charge in [0.15, 0.2) is 34.9 Å². The normalized spacial score (nSPS) is 23.9. The van der Waals surface area contributed by atoms with E-state index in [0.717, 1.165) is 0 Å². The summed E-state index contributed by atoms with van der Waals surface area (Å²) in [6.07, 6.45) is 2.91. The molecule has 0 unspecified atom stereocenters. The van der Waals surface area contributed by atoms with Crippen LogP contribution in [0.4, 0.5) is 0 Å². The van der Waals surface area contributed by atoms with Crippen LogP contribution in [0.1, 0.15) is 48.3 Å². The zero-order valence-electron chi connectivity index (χ0n) is 24.1. The molecule has 3 heterocycles. The SMILES string of the molecule is C/C=C(/C)C(=O)OC[C@H]1C2=C(C=C3[C@H]4c5c(O)c(OC)c(C)c(O)c5C(=O)[C@@H](C(=O)N31)N4C)C(=O)C(C)=C(OC)C2=O. The van der Waals surface area contributed by atoms with Crippen molar-refractivity contribution in [3.05, 3.63) is 62.6 Å². The summed E-state index contributed by atoms with van der Waals surface area (Å²) in [6, 6.07) is -3.79. The average Bonchev–Trinajstić information content (AvgIpc) is 2.96. The number of carbonyl (C=O) groups excluding carboxylic acids is 5. The molecule has 42 heavy (non-hydrogen) atoms. The quantitative estimate of drug-likeness (QED) is 0.173. The summed E-state index contributed by atoms with van der Waals surface area (Å²) in [6.45, 7) is 5.58. The lowest BCUT2D eigenvalue weighted by atomic mass is 9.75. The molecule has 1 amide bonds. The Labute approximate surface area is 241 Å². The average molecular weight is 579 g/mol. The number of amides is 1. The standard InChI is InChI=1S/C30H30N2O10/c1-8-11(2)30(39)42-10-16-17-14(22(33)12(3)27(40-6)25(17)36)9-15-20-18-19(23(34)13(4)28(41-7)26(18)37)24(35)21(31(20)5)29(38)32(15)16/h8-9,16,20-21,34,37H,10H2,1-7H3/b11-8-/t16-,20-,21-/m0/s1. The second-order valence-corrected chi connectivity index (χ2v) is 10.5. The van der Waals surface area contributed by atoms with Gasteiger partial charge in [-0.2, -0.15) is 0 Å². The van der Waals surface area contributed by atoms with Gasteiger partial charge >= 0.3 is 5.97 Å². The lowest BCUT2D eigenvalue weighted by molar-refractivity contribution is -0.147. The smallest absolute Gasteiger partial charge is 0.333 e. The first-order valence-electron chi connectivity index (χ1n) is 13.1. The number of hydrogen-bond donors (Lipinski definition) is 2. The largest absolute Gasteiger partial charge is 0.507 e. The molecule has 1 saturated heterocycles. The molecule has 4 aliphatic rings. The van der Waals surface area contributed by atoms with E-state index >= 15 is 0 Å². The van der Waals surface area contributed by atoms with Gasteiger partial charge in [-0.05, 0) is 40.8 Å². The molecule has 12 heteroatoms. The molecule has 0 radical (unpaired) electrons. The van der Waals surface area contributed by atoms with Gasteiger partial charge in [0.2, 0.25) is 5.78 Å². The summed E-state index contributed by atoms with van der Waals surface area (Å²) >= 11 is 0. The summed E-state index contributed by atoms with van der Waals surface area (Å²) < 4.78 is 16.1. The van der Waals surface area contributed by atoms with Gasteiger partial charge in [0.05, 0.1) is 25.8 Å². The fraction of sp³-hybridized carbons (Fsp3) is 0.367. The fourth-order valence-corrected chi connectivity index (χ4v) is 6.18. The molecule has 1 aromatic carbocycles. The fourth-order valence-electron chi connectivity index (χ4n) is 6.18. The van der Waals surface area contributed by atoms with E-state index in [1.165, 1.54) is 64.0 Å². The zero-order valence-corrected chi connectivity index (χ0v) is 24.1. The number of aromatic hydroxyl groups is 2. The number of ether oxygens (including phenoxy) is 3. The van der Waals surface area contributed by atoms with Crippen LogP contribution in [0.5, 0.6) is 17.2 Å². The highest BCUT2D eigenvalue weighted by Crippen LogP contribution is 2.55. The molecule has 220 valence electrons. The predicted molar refractivity (Wildman–Crippen MR) is 146 cm³/mol. The molecule has 3 atom stereocenters. The number of likely N-dealkylation sites (N-methyl/N-ethyl adjacent to an activating group) is 1. The molecule has 3 aliphatic heterocycles. The van der Waals surface area contributed by atoms with E-state index in [9.17, 15) is 34.2 Å². The van der Waals surface area contributed by atoms with Crippen LogP contribution in [0.15, 0.2) is 45.9 Å². The van der Waals surface area contributed by atoms with E-state index in [1.807, 2.05) is 0 Å². The Bertz CT molecular complexity index is 1640. The molecule has 2 N–H and O–H groups in total. The zero-order chi connectivity index (χ0) is 30.9. The maximum absolute atomic E-state index is 14.2. The number of methoxy groups -OCH3 is 2. The van der Waals surface area contributed by atoms with E-state index < -0.39 is 65.5 Å². The van der Waals surface area contributed by atoms with Gasteiger partial charge in [0.25, 0.3) is 5.91 Å². The molecule has 0 spiro atoms. The van der Waals surface area contributed by atoms with Crippen LogP contribution in [0.3, 0.4) is 0 Å². The van der Waals surface area contributed by atoms with Crippen LogP contribution in [-0.2, 0) is 28.7 Å². The van der Waals surface area contributed by atoms with Crippen molar-refractivity contribution in [3.8, 4) is 17.2 Å². The van der Waals surface area contributed by atoms with E-state index in [-0.39, 0.29) is 56.2 Å². The molecule has 0 saturated carbocycles. The Morgan fingerprint density at radius 1 is 1.02 bits per heavy atom. The van der Waals surface area contributed by atoms with Gasteiger partial charge in [-0.15, -0.1) is 0 Å². The Morgan fingerprint density at radius 2 is 1.69 bits per heavy atom. The van der Waals surface area contributed by atoms with Crippen molar-refractivity contribution in [2.75, 3.05) is 27.9 Å². The van der Waals surface area contributed by atoms with Crippen molar-refractivity contribution >= 4 is 29.2 Å². The van der Waals surface area contributed by atoms with Gasteiger partial charge in [0.1, 0.15) is 18.4 Å². The van der Waals surface area contributed by atoms with Crippen LogP contribution in [0.25, 0.3) is 0 Å². The monoisotopic (exact) mass is 578 g/mol. The van der Waals surface area contributed by atoms with Crippen LogP contribution in [0.2, 0.25) is 0 Å². The van der Waals surface area contributed by atoms with Crippen molar-refractivity contribution in [2.24, 2.45) is 0 Å². The van der Waals surface area contributed by atoms with Crippen LogP contribution in [-0.4, -0.2) is 89.2 Å². The minimum atomic E-state index is -1.45. The third-order valence-corrected chi connectivity index (χ3v) is 8.42. The van der Waals surface area contributed by atoms with Gasteiger partial charge in [-0.3, -0.25) is 24.1 Å². The van der Waals surface area contributed by atoms with Gasteiger partial charge in [-0.25, -0.2) is 4.79 Å². The van der Waals surface area contributed by atoms with Crippen molar-refractivity contribution in [2.45, 2.75) is 45.8 Å². The Morgan fingerprint density at radius 3 is 2.29 bits per heavy atom. The molecule has 1 aromatic rings. The third kappa shape index (κ3) is 3.67. The van der Waals surface area contributed by atoms with Crippen molar-refractivity contribution < 1.29 is 48.4 Å². The molecular formula is C30H30N2O10. The number of allylic oxidation sites excluding steroid dienone is 5. The first kappa shape index (κ1) is 28.8. The van der Waals surface area contributed by atoms with Crippen molar-refractivity contribution in [3.63, 3.8) is 0 Å². The number of Topliss-reactive ketones (excluding diaryl/α,β-unsaturated/α-hetero) is 3. The number of piperazine rings is 1. The highest BCUT2D eigenvalue weighted by molar-refractivity contribution is 6.27. The van der Waals surface area contributed by atoms with E-state index in [0.29, 0.717) is 0 Å². The maximum atomic E-state index is 14.2. The second kappa shape index (κ2) is 9.98. The highest BCUT2D eigenvalue weighted by atomic mass is 16.5. The number of esters is 1. The van der Waals surface area contributed by atoms with Crippen molar-refractivity contribution in [1.82, 2.24) is 9.80 Å². The minimum Gasteiger partial charge on any atom is -0.507 e. The Kier molecular flexibility index (Phi) is 6.85. The van der Waals surface area contributed by atoms with E-state index in [4.69, 9.17) is 14.2 Å². The summed E-state index contributed by atoms with van der Waals surface area (Å²) in [5.74, 6) is -4.56. The number of nitrogens with zero attached hydrogens (tertiary/aromatic N) is 2. The lowest BCUT2D eigenvalue weighted by Crippen LogP contribution is -2.65. The molecule has 12 nitrogen and oxygen atoms in total. The lowest BCUT2D eigenvalue weighted by Gasteiger charge is -2.52. The number of fused-ring (bicyclic) bond motifs is 6. The maximum Gasteiger partial charge on any atom is 0.333 e. The first-order valence-corrected chi connectivity index (χ1v) is 13.1. The summed E-state index contributed by atoms with van der Waals surface area (Å²) in [5.41, 5.74) is 0.186. The topological polar surface area (TPSA) is 160 Å². The summed E-state index contributed by atoms with van der Waals surface area (Å²) in [7, 11) is 4.05. The van der Waals surface area contributed by atoms with Gasteiger partial charge < -0.3 is 29.3 Å². The van der Waals surface area contributed by atoms with Crippen LogP contribution < -0.4 is 4.74 Å². The molecule has 1 aliphatic carbocycles. The first-order chi connectivity index (χ1) is 19.8. The predicted octanol–water partition coefficient (Wildman–Crippen LogP) is 1.94. The number of phenolic OH excluding ortho intramolecular Hbond substituents is 2. The Balaban J connectivity index is 1.79. The third-order valence-electron chi connectivity index (χ3n) is 8.42. The molecule has 5 rings (SSSR count). The van der Waals surface area contributed by atoms with Crippen molar-refractivity contribution in [1.29, 1.82) is 0 Å². The molecule has 0 aromatic heterocycles. The minimum absolute atomic E-state index is 0.0218. The molecular weight excluding hydrogens is 548 g/mol. The number of rotatable bonds is 5. The summed E-state index contributed by atoms with van der Waals surface area (Å²) in [4.78, 5) is 70.5. The second-order valence-electron chi connectivity index (χ2n) is 10.5. The highest BCUT2D eigenvalue weighted by Gasteiger charge is 2.58. The Hall–Kier alpha value is -4.71. The number of hydrogen-bond acceptors (Lipinski definition) is 11. The van der Waals surface area contributed by atoms with Gasteiger partial charge in [0, 0.05) is 39.1 Å². The number of carbonyl (C=O) groups is 5. The number of phenols is 2. The molecule has 2 bridgehead atoms. The number of benzene rings is 1. The molecule has 1 fully saturated rings.